The lowest BCUT2D eigenvalue weighted by molar-refractivity contribution is 0.104. The second kappa shape index (κ2) is 10.9. The Balaban J connectivity index is 1.54. The van der Waals surface area contributed by atoms with Crippen LogP contribution in [0, 0.1) is 0 Å². The van der Waals surface area contributed by atoms with Crippen LogP contribution in [-0.2, 0) is 6.61 Å². The second-order valence-corrected chi connectivity index (χ2v) is 8.11. The fourth-order valence-electron chi connectivity index (χ4n) is 3.16. The summed E-state index contributed by atoms with van der Waals surface area (Å²) >= 11 is 12.2. The van der Waals surface area contributed by atoms with Gasteiger partial charge >= 0.3 is 0 Å². The topological polar surface area (TPSA) is 87.1 Å². The molecule has 0 spiro atoms. The molecule has 0 saturated heterocycles. The smallest absolute Gasteiger partial charge is 0.189 e. The monoisotopic (exact) mass is 490 g/mol. The Morgan fingerprint density at radius 2 is 1.65 bits per heavy atom. The molecule has 8 heteroatoms. The number of pyridine rings is 2. The lowest BCUT2D eigenvalue weighted by atomic mass is 10.1. The van der Waals surface area contributed by atoms with Crippen LogP contribution in [0.4, 0.5) is 23.0 Å². The normalized spacial score (nSPS) is 10.9. The Morgan fingerprint density at radius 3 is 2.38 bits per heavy atom. The van der Waals surface area contributed by atoms with Crippen molar-refractivity contribution in [2.75, 3.05) is 10.6 Å². The molecule has 0 radical (unpaired) electrons. The van der Waals surface area contributed by atoms with Crippen LogP contribution in [0.5, 0.6) is 0 Å². The van der Waals surface area contributed by atoms with Crippen molar-refractivity contribution < 1.29 is 9.90 Å². The molecule has 0 bridgehead atoms. The van der Waals surface area contributed by atoms with E-state index in [1.807, 2.05) is 18.2 Å². The Bertz CT molecular complexity index is 1340. The highest BCUT2D eigenvalue weighted by Crippen LogP contribution is 2.29. The van der Waals surface area contributed by atoms with Crippen LogP contribution in [-0.4, -0.2) is 20.9 Å². The van der Waals surface area contributed by atoms with Gasteiger partial charge in [0, 0.05) is 28.7 Å². The average molecular weight is 491 g/mol. The van der Waals surface area contributed by atoms with Gasteiger partial charge in [-0.15, -0.1) is 0 Å². The van der Waals surface area contributed by atoms with Crippen molar-refractivity contribution in [3.63, 3.8) is 0 Å². The predicted octanol–water partition coefficient (Wildman–Crippen LogP) is 6.66. The number of nitrogens with zero attached hydrogens (tertiary/aromatic N) is 2. The van der Waals surface area contributed by atoms with E-state index >= 15 is 0 Å². The number of hydrogen-bond donors (Lipinski definition) is 3. The number of halogens is 2. The van der Waals surface area contributed by atoms with Crippen molar-refractivity contribution in [1.29, 1.82) is 0 Å². The van der Waals surface area contributed by atoms with Crippen molar-refractivity contribution in [3.8, 4) is 0 Å². The molecule has 2 aromatic carbocycles. The highest BCUT2D eigenvalue weighted by molar-refractivity contribution is 6.36. The molecule has 2 heterocycles. The van der Waals surface area contributed by atoms with Crippen LogP contribution in [0.2, 0.25) is 10.0 Å². The summed E-state index contributed by atoms with van der Waals surface area (Å²) in [5, 5.41) is 16.5. The first kappa shape index (κ1) is 23.4. The van der Waals surface area contributed by atoms with Gasteiger partial charge in [-0.05, 0) is 72.3 Å². The Hall–Kier alpha value is -3.71. The molecule has 170 valence electrons. The van der Waals surface area contributed by atoms with Crippen LogP contribution in [0.15, 0.2) is 85.2 Å². The summed E-state index contributed by atoms with van der Waals surface area (Å²) in [6.07, 6.45) is 6.43. The van der Waals surface area contributed by atoms with E-state index in [-0.39, 0.29) is 12.4 Å². The number of ketones is 1. The molecule has 0 aliphatic carbocycles. The number of hydrogen-bond acceptors (Lipinski definition) is 6. The van der Waals surface area contributed by atoms with Gasteiger partial charge < -0.3 is 15.7 Å². The number of carbonyl (C=O) groups excluding carboxylic acids is 1. The number of carbonyl (C=O) groups is 1. The van der Waals surface area contributed by atoms with E-state index in [1.165, 1.54) is 6.08 Å². The van der Waals surface area contributed by atoms with Crippen molar-refractivity contribution >= 4 is 58.1 Å². The van der Waals surface area contributed by atoms with E-state index < -0.39 is 0 Å². The first-order valence-corrected chi connectivity index (χ1v) is 11.1. The highest BCUT2D eigenvalue weighted by Gasteiger charge is 2.11. The molecule has 0 aliphatic heterocycles. The van der Waals surface area contributed by atoms with Gasteiger partial charge in [-0.3, -0.25) is 4.79 Å². The first-order valence-electron chi connectivity index (χ1n) is 10.3. The molecule has 2 aromatic heterocycles. The summed E-state index contributed by atoms with van der Waals surface area (Å²) in [6, 6.07) is 19.4. The second-order valence-electron chi connectivity index (χ2n) is 7.27. The molecule has 4 aromatic rings. The fraction of sp³-hybridized carbons (Fsp3) is 0.0385. The van der Waals surface area contributed by atoms with E-state index in [1.54, 1.807) is 67.0 Å². The molecule has 0 saturated carbocycles. The zero-order chi connectivity index (χ0) is 23.9. The van der Waals surface area contributed by atoms with Crippen LogP contribution in [0.3, 0.4) is 0 Å². The predicted molar refractivity (Wildman–Crippen MR) is 137 cm³/mol. The molecule has 34 heavy (non-hydrogen) atoms. The van der Waals surface area contributed by atoms with Gasteiger partial charge in [0.15, 0.2) is 5.78 Å². The zero-order valence-corrected chi connectivity index (χ0v) is 19.4. The van der Waals surface area contributed by atoms with Gasteiger partial charge in [0.25, 0.3) is 0 Å². The molecule has 0 fully saturated rings. The van der Waals surface area contributed by atoms with Crippen molar-refractivity contribution in [3.05, 3.63) is 112 Å². The lowest BCUT2D eigenvalue weighted by Gasteiger charge is -2.11. The molecule has 0 atom stereocenters. The number of anilines is 4. The van der Waals surface area contributed by atoms with Gasteiger partial charge in [-0.2, -0.15) is 0 Å². The number of aliphatic hydroxyl groups excluding tert-OH is 1. The summed E-state index contributed by atoms with van der Waals surface area (Å²) in [5.41, 5.74) is 3.33. The third kappa shape index (κ3) is 5.80. The van der Waals surface area contributed by atoms with Crippen molar-refractivity contribution in [2.45, 2.75) is 6.61 Å². The number of aliphatic hydroxyl groups is 1. The maximum Gasteiger partial charge on any atom is 0.189 e. The number of aromatic nitrogens is 2. The molecule has 0 aliphatic rings. The summed E-state index contributed by atoms with van der Waals surface area (Å²) in [7, 11) is 0. The van der Waals surface area contributed by atoms with Gasteiger partial charge in [0.2, 0.25) is 0 Å². The maximum atomic E-state index is 13.0. The maximum absolute atomic E-state index is 13.0. The fourth-order valence-corrected chi connectivity index (χ4v) is 3.62. The number of allylic oxidation sites excluding steroid dienone is 1. The quantitative estimate of drug-likeness (QED) is 0.189. The molecule has 6 nitrogen and oxygen atoms in total. The first-order chi connectivity index (χ1) is 16.5. The van der Waals surface area contributed by atoms with E-state index in [0.717, 1.165) is 11.3 Å². The summed E-state index contributed by atoms with van der Waals surface area (Å²) in [5.74, 6) is 0.762. The summed E-state index contributed by atoms with van der Waals surface area (Å²) in [6.45, 7) is -0.0339. The van der Waals surface area contributed by atoms with Gasteiger partial charge in [-0.25, -0.2) is 9.97 Å². The summed E-state index contributed by atoms with van der Waals surface area (Å²) < 4.78 is 0. The largest absolute Gasteiger partial charge is 0.392 e. The minimum absolute atomic E-state index is 0.0339. The molecular formula is C26H20Cl2N4O2. The van der Waals surface area contributed by atoms with Crippen LogP contribution < -0.4 is 10.6 Å². The standard InChI is InChI=1S/C26H20Cl2N4O2/c27-19-8-11-23(22(28)15-19)32-25-18(3-1-13-29-25)7-12-24(34)21-4-2-14-30-26(21)31-20-9-5-17(16-33)6-10-20/h1-15,33H,16H2,(H,29,32)(H,30,31). The van der Waals surface area contributed by atoms with Gasteiger partial charge in [0.05, 0.1) is 22.9 Å². The average Bonchev–Trinajstić information content (AvgIpc) is 2.86. The van der Waals surface area contributed by atoms with Gasteiger partial charge in [-0.1, -0.05) is 35.3 Å². The van der Waals surface area contributed by atoms with E-state index in [9.17, 15) is 9.90 Å². The Morgan fingerprint density at radius 1 is 0.912 bits per heavy atom. The van der Waals surface area contributed by atoms with Crippen molar-refractivity contribution in [1.82, 2.24) is 9.97 Å². The van der Waals surface area contributed by atoms with Gasteiger partial charge in [0.1, 0.15) is 11.6 Å². The lowest BCUT2D eigenvalue weighted by Crippen LogP contribution is -2.03. The molecule has 0 amide bonds. The Labute approximate surface area is 206 Å². The molecule has 4 rings (SSSR count). The molecule has 0 unspecified atom stereocenters. The van der Waals surface area contributed by atoms with E-state index in [4.69, 9.17) is 23.2 Å². The number of benzene rings is 2. The minimum Gasteiger partial charge on any atom is -0.392 e. The number of rotatable bonds is 8. The Kier molecular flexibility index (Phi) is 7.54. The highest BCUT2D eigenvalue weighted by atomic mass is 35.5. The van der Waals surface area contributed by atoms with Crippen LogP contribution >= 0.6 is 23.2 Å². The van der Waals surface area contributed by atoms with E-state index in [2.05, 4.69) is 20.6 Å². The minimum atomic E-state index is -0.220. The molecule has 3 N–H and O–H groups in total. The number of nitrogens with one attached hydrogen (secondary N) is 2. The van der Waals surface area contributed by atoms with Crippen LogP contribution in [0.1, 0.15) is 21.5 Å². The third-order valence-electron chi connectivity index (χ3n) is 4.91. The zero-order valence-electron chi connectivity index (χ0n) is 17.9. The van der Waals surface area contributed by atoms with E-state index in [0.29, 0.717) is 38.5 Å². The summed E-state index contributed by atoms with van der Waals surface area (Å²) in [4.78, 5) is 21.7. The van der Waals surface area contributed by atoms with Crippen LogP contribution in [0.25, 0.3) is 6.08 Å². The van der Waals surface area contributed by atoms with Crippen molar-refractivity contribution in [2.24, 2.45) is 0 Å². The SMILES string of the molecule is O=C(C=Cc1cccnc1Nc1ccc(Cl)cc1Cl)c1cccnc1Nc1ccc(CO)cc1. The molecular weight excluding hydrogens is 471 g/mol. The third-order valence-corrected chi connectivity index (χ3v) is 5.46.